The van der Waals surface area contributed by atoms with Crippen molar-refractivity contribution in [3.63, 3.8) is 0 Å². The van der Waals surface area contributed by atoms with E-state index in [1.54, 1.807) is 6.08 Å². The molecule has 14 heavy (non-hydrogen) atoms. The molecule has 0 bridgehead atoms. The van der Waals surface area contributed by atoms with Crippen LogP contribution in [0, 0.1) is 0 Å². The quantitative estimate of drug-likeness (QED) is 0.608. The minimum atomic E-state index is 0.165. The number of allylic oxidation sites excluding steroid dienone is 2. The molecule has 0 saturated carbocycles. The van der Waals surface area contributed by atoms with Crippen LogP contribution in [0.4, 0.5) is 0 Å². The normalized spacial score (nSPS) is 20.4. The highest BCUT2D eigenvalue weighted by Crippen LogP contribution is 2.19. The SMILES string of the molecule is C/C1=C/C(=O)c2ccccc2CCC1. The lowest BCUT2D eigenvalue weighted by Gasteiger charge is -2.11. The zero-order valence-electron chi connectivity index (χ0n) is 8.42. The zero-order chi connectivity index (χ0) is 9.97. The molecule has 1 aliphatic rings. The molecule has 0 saturated heterocycles. The second-order valence-electron chi connectivity index (χ2n) is 3.87. The summed E-state index contributed by atoms with van der Waals surface area (Å²) >= 11 is 0. The summed E-state index contributed by atoms with van der Waals surface area (Å²) in [6.07, 6.45) is 4.98. The molecule has 0 N–H and O–H groups in total. The monoisotopic (exact) mass is 186 g/mol. The van der Waals surface area contributed by atoms with Gasteiger partial charge in [0.1, 0.15) is 0 Å². The molecule has 0 fully saturated rings. The number of aryl methyl sites for hydroxylation is 1. The maximum atomic E-state index is 11.8. The summed E-state index contributed by atoms with van der Waals surface area (Å²) in [7, 11) is 0. The van der Waals surface area contributed by atoms with E-state index < -0.39 is 0 Å². The molecule has 0 unspecified atom stereocenters. The van der Waals surface area contributed by atoms with E-state index in [4.69, 9.17) is 0 Å². The van der Waals surface area contributed by atoms with Crippen molar-refractivity contribution >= 4 is 5.78 Å². The Labute approximate surface area is 84.5 Å². The second kappa shape index (κ2) is 3.79. The third kappa shape index (κ3) is 1.77. The molecule has 72 valence electrons. The van der Waals surface area contributed by atoms with Crippen LogP contribution in [-0.2, 0) is 6.42 Å². The predicted molar refractivity (Wildman–Crippen MR) is 57.5 cm³/mol. The lowest BCUT2D eigenvalue weighted by Crippen LogP contribution is -2.04. The molecule has 0 heterocycles. The molecule has 0 radical (unpaired) electrons. The van der Waals surface area contributed by atoms with Gasteiger partial charge in [-0.15, -0.1) is 0 Å². The molecule has 0 aliphatic heterocycles. The predicted octanol–water partition coefficient (Wildman–Crippen LogP) is 3.15. The molecular formula is C13H14O. The lowest BCUT2D eigenvalue weighted by molar-refractivity contribution is 0.104. The molecular weight excluding hydrogens is 172 g/mol. The van der Waals surface area contributed by atoms with E-state index in [0.717, 1.165) is 24.8 Å². The largest absolute Gasteiger partial charge is 0.289 e. The van der Waals surface area contributed by atoms with Crippen LogP contribution >= 0.6 is 0 Å². The lowest BCUT2D eigenvalue weighted by atomic mass is 9.93. The number of carbonyl (C=O) groups is 1. The average Bonchev–Trinajstić information content (AvgIpc) is 2.16. The van der Waals surface area contributed by atoms with E-state index in [2.05, 4.69) is 6.07 Å². The van der Waals surface area contributed by atoms with Crippen LogP contribution in [0.25, 0.3) is 0 Å². The summed E-state index contributed by atoms with van der Waals surface area (Å²) in [4.78, 5) is 11.8. The van der Waals surface area contributed by atoms with E-state index in [1.807, 2.05) is 25.1 Å². The number of ketones is 1. The van der Waals surface area contributed by atoms with Crippen LogP contribution in [0.3, 0.4) is 0 Å². The van der Waals surface area contributed by atoms with E-state index >= 15 is 0 Å². The number of fused-ring (bicyclic) bond motifs is 1. The first-order valence-electron chi connectivity index (χ1n) is 5.07. The molecule has 1 heteroatoms. The average molecular weight is 186 g/mol. The van der Waals surface area contributed by atoms with Gasteiger partial charge in [-0.05, 0) is 37.8 Å². The van der Waals surface area contributed by atoms with Crippen LogP contribution in [0.1, 0.15) is 35.7 Å². The molecule has 1 aromatic rings. The fraction of sp³-hybridized carbons (Fsp3) is 0.308. The second-order valence-corrected chi connectivity index (χ2v) is 3.87. The Hall–Kier alpha value is -1.37. The van der Waals surface area contributed by atoms with Gasteiger partial charge in [0.2, 0.25) is 0 Å². The summed E-state index contributed by atoms with van der Waals surface area (Å²) in [5.74, 6) is 0.165. The summed E-state index contributed by atoms with van der Waals surface area (Å²) in [5.41, 5.74) is 3.28. The molecule has 2 rings (SSSR count). The van der Waals surface area contributed by atoms with Gasteiger partial charge in [0.25, 0.3) is 0 Å². The Bertz CT molecular complexity index is 388. The molecule has 1 nitrogen and oxygen atoms in total. The van der Waals surface area contributed by atoms with Crippen LogP contribution in [-0.4, -0.2) is 5.78 Å². The summed E-state index contributed by atoms with van der Waals surface area (Å²) in [6, 6.07) is 7.92. The highest BCUT2D eigenvalue weighted by molar-refractivity contribution is 6.06. The Morgan fingerprint density at radius 3 is 2.79 bits per heavy atom. The number of hydrogen-bond acceptors (Lipinski definition) is 1. The molecule has 0 aromatic heterocycles. The van der Waals surface area contributed by atoms with Gasteiger partial charge in [-0.3, -0.25) is 4.79 Å². The Morgan fingerprint density at radius 1 is 1.14 bits per heavy atom. The van der Waals surface area contributed by atoms with Crippen molar-refractivity contribution in [2.75, 3.05) is 0 Å². The number of hydrogen-bond donors (Lipinski definition) is 0. The standard InChI is InChI=1S/C13H14O/c1-10-5-4-7-11-6-2-3-8-12(11)13(14)9-10/h2-3,6,8-9H,4-5,7H2,1H3/b10-9-. The molecule has 0 spiro atoms. The van der Waals surface area contributed by atoms with Gasteiger partial charge in [0.05, 0.1) is 0 Å². The molecule has 1 aliphatic carbocycles. The number of carbonyl (C=O) groups excluding carboxylic acids is 1. The molecule has 0 amide bonds. The Balaban J connectivity index is 2.46. The minimum Gasteiger partial charge on any atom is -0.289 e. The highest BCUT2D eigenvalue weighted by Gasteiger charge is 2.11. The van der Waals surface area contributed by atoms with Crippen molar-refractivity contribution in [3.8, 4) is 0 Å². The van der Waals surface area contributed by atoms with Gasteiger partial charge in [0.15, 0.2) is 5.78 Å². The first-order valence-corrected chi connectivity index (χ1v) is 5.07. The van der Waals surface area contributed by atoms with Crippen molar-refractivity contribution < 1.29 is 4.79 Å². The first-order chi connectivity index (χ1) is 6.77. The van der Waals surface area contributed by atoms with Crippen LogP contribution in [0.5, 0.6) is 0 Å². The topological polar surface area (TPSA) is 17.1 Å². The minimum absolute atomic E-state index is 0.165. The fourth-order valence-electron chi connectivity index (χ4n) is 1.91. The fourth-order valence-corrected chi connectivity index (χ4v) is 1.91. The van der Waals surface area contributed by atoms with Crippen LogP contribution < -0.4 is 0 Å². The summed E-state index contributed by atoms with van der Waals surface area (Å²) in [5, 5.41) is 0. The number of rotatable bonds is 0. The van der Waals surface area contributed by atoms with Gasteiger partial charge < -0.3 is 0 Å². The third-order valence-electron chi connectivity index (χ3n) is 2.68. The number of benzene rings is 1. The van der Waals surface area contributed by atoms with Gasteiger partial charge in [-0.2, -0.15) is 0 Å². The van der Waals surface area contributed by atoms with E-state index in [-0.39, 0.29) is 5.78 Å². The van der Waals surface area contributed by atoms with Gasteiger partial charge in [-0.25, -0.2) is 0 Å². The van der Waals surface area contributed by atoms with E-state index in [1.165, 1.54) is 11.1 Å². The van der Waals surface area contributed by atoms with Crippen LogP contribution in [0.15, 0.2) is 35.9 Å². The molecule has 1 aromatic carbocycles. The van der Waals surface area contributed by atoms with Crippen molar-refractivity contribution in [2.24, 2.45) is 0 Å². The van der Waals surface area contributed by atoms with Crippen molar-refractivity contribution in [2.45, 2.75) is 26.2 Å². The first kappa shape index (κ1) is 9.20. The zero-order valence-corrected chi connectivity index (χ0v) is 8.42. The van der Waals surface area contributed by atoms with E-state index in [0.29, 0.717) is 0 Å². The molecule has 0 atom stereocenters. The smallest absolute Gasteiger partial charge is 0.186 e. The van der Waals surface area contributed by atoms with Gasteiger partial charge in [-0.1, -0.05) is 29.8 Å². The van der Waals surface area contributed by atoms with Gasteiger partial charge >= 0.3 is 0 Å². The third-order valence-corrected chi connectivity index (χ3v) is 2.68. The van der Waals surface area contributed by atoms with Crippen LogP contribution in [0.2, 0.25) is 0 Å². The summed E-state index contributed by atoms with van der Waals surface area (Å²) in [6.45, 7) is 2.03. The summed E-state index contributed by atoms with van der Waals surface area (Å²) < 4.78 is 0. The highest BCUT2D eigenvalue weighted by atomic mass is 16.1. The van der Waals surface area contributed by atoms with Crippen molar-refractivity contribution in [3.05, 3.63) is 47.0 Å². The van der Waals surface area contributed by atoms with E-state index in [9.17, 15) is 4.79 Å². The Morgan fingerprint density at radius 2 is 1.93 bits per heavy atom. The maximum Gasteiger partial charge on any atom is 0.186 e. The van der Waals surface area contributed by atoms with Crippen molar-refractivity contribution in [1.29, 1.82) is 0 Å². The Kier molecular flexibility index (Phi) is 2.49. The van der Waals surface area contributed by atoms with Crippen molar-refractivity contribution in [1.82, 2.24) is 0 Å². The van der Waals surface area contributed by atoms with Gasteiger partial charge in [0, 0.05) is 5.56 Å². The maximum absolute atomic E-state index is 11.8.